The largest absolute Gasteiger partial charge is 0.482 e. The summed E-state index contributed by atoms with van der Waals surface area (Å²) >= 11 is 0. The number of anilines is 1. The first-order valence-electron chi connectivity index (χ1n) is 7.70. The van der Waals surface area contributed by atoms with Crippen molar-refractivity contribution in [2.75, 3.05) is 18.1 Å². The second kappa shape index (κ2) is 6.76. The fourth-order valence-corrected chi connectivity index (χ4v) is 2.74. The summed E-state index contributed by atoms with van der Waals surface area (Å²) in [4.78, 5) is 25.2. The molecule has 1 aliphatic carbocycles. The highest BCUT2D eigenvalue weighted by Gasteiger charge is 2.27. The van der Waals surface area contributed by atoms with Crippen LogP contribution >= 0.6 is 0 Å². The molecule has 0 unspecified atom stereocenters. The first-order chi connectivity index (χ1) is 11.1. The maximum atomic E-state index is 13.4. The summed E-state index contributed by atoms with van der Waals surface area (Å²) in [6.45, 7) is -0.379. The third-order valence-corrected chi connectivity index (χ3v) is 3.94. The summed E-state index contributed by atoms with van der Waals surface area (Å²) in [5.74, 6) is -0.899. The lowest BCUT2D eigenvalue weighted by Gasteiger charge is -2.28. The van der Waals surface area contributed by atoms with E-state index in [2.05, 4.69) is 10.5 Å². The summed E-state index contributed by atoms with van der Waals surface area (Å²) in [6.07, 6.45) is 5.15. The van der Waals surface area contributed by atoms with E-state index in [1.165, 1.54) is 29.5 Å². The van der Waals surface area contributed by atoms with Gasteiger partial charge in [0.1, 0.15) is 18.1 Å². The number of carbonyl (C=O) groups excluding carboxylic acids is 2. The van der Waals surface area contributed by atoms with E-state index in [9.17, 15) is 14.0 Å². The first-order valence-corrected chi connectivity index (χ1v) is 7.70. The average molecular weight is 319 g/mol. The summed E-state index contributed by atoms with van der Waals surface area (Å²) in [5.41, 5.74) is 3.73. The van der Waals surface area contributed by atoms with E-state index in [0.717, 1.165) is 31.4 Å². The fourth-order valence-electron chi connectivity index (χ4n) is 2.74. The molecular weight excluding hydrogens is 301 g/mol. The number of ether oxygens (including phenoxy) is 1. The van der Waals surface area contributed by atoms with Gasteiger partial charge < -0.3 is 4.74 Å². The van der Waals surface area contributed by atoms with Gasteiger partial charge in [-0.1, -0.05) is 6.42 Å². The number of benzene rings is 1. The Labute approximate surface area is 133 Å². The molecule has 0 aromatic heterocycles. The van der Waals surface area contributed by atoms with Crippen molar-refractivity contribution in [2.24, 2.45) is 5.10 Å². The van der Waals surface area contributed by atoms with Gasteiger partial charge in [-0.2, -0.15) is 5.10 Å². The summed E-state index contributed by atoms with van der Waals surface area (Å²) in [5, 5.41) is 4.12. The highest BCUT2D eigenvalue weighted by atomic mass is 19.1. The Kier molecular flexibility index (Phi) is 4.55. The summed E-state index contributed by atoms with van der Waals surface area (Å²) in [6, 6.07) is 3.89. The van der Waals surface area contributed by atoms with E-state index in [1.807, 2.05) is 0 Å². The van der Waals surface area contributed by atoms with Crippen molar-refractivity contribution >= 4 is 23.2 Å². The Hall–Kier alpha value is -2.44. The lowest BCUT2D eigenvalue weighted by atomic mass is 9.99. The van der Waals surface area contributed by atoms with Gasteiger partial charge in [-0.25, -0.2) is 9.82 Å². The van der Waals surface area contributed by atoms with Crippen LogP contribution in [0.4, 0.5) is 10.1 Å². The van der Waals surface area contributed by atoms with Crippen LogP contribution in [0.15, 0.2) is 23.3 Å². The zero-order valence-corrected chi connectivity index (χ0v) is 12.7. The van der Waals surface area contributed by atoms with Crippen LogP contribution in [-0.4, -0.2) is 30.7 Å². The lowest BCUT2D eigenvalue weighted by molar-refractivity contribution is -0.125. The molecule has 0 atom stereocenters. The van der Waals surface area contributed by atoms with Gasteiger partial charge in [0.25, 0.3) is 11.8 Å². The van der Waals surface area contributed by atoms with Crippen LogP contribution < -0.4 is 15.1 Å². The molecule has 1 aromatic carbocycles. The molecule has 0 saturated heterocycles. The predicted molar refractivity (Wildman–Crippen MR) is 82.9 cm³/mol. The number of carbonyl (C=O) groups is 2. The predicted octanol–water partition coefficient (Wildman–Crippen LogP) is 1.99. The van der Waals surface area contributed by atoms with Crippen molar-refractivity contribution < 1.29 is 18.7 Å². The SMILES string of the molecule is O=C(CN1C(=O)COc2ccc(F)cc21)NN=C1CCCCC1. The molecule has 1 heterocycles. The molecule has 3 rings (SSSR count). The minimum absolute atomic E-state index is 0.166. The Balaban J connectivity index is 1.68. The molecule has 1 aliphatic heterocycles. The van der Waals surface area contributed by atoms with E-state index in [-0.39, 0.29) is 24.7 Å². The van der Waals surface area contributed by atoms with Crippen LogP contribution in [0.5, 0.6) is 5.75 Å². The smallest absolute Gasteiger partial charge is 0.265 e. The molecule has 1 aromatic rings. The van der Waals surface area contributed by atoms with Crippen LogP contribution in [0.3, 0.4) is 0 Å². The van der Waals surface area contributed by atoms with Crippen molar-refractivity contribution in [2.45, 2.75) is 32.1 Å². The summed E-state index contributed by atoms with van der Waals surface area (Å²) < 4.78 is 18.6. The molecule has 0 spiro atoms. The molecule has 122 valence electrons. The van der Waals surface area contributed by atoms with E-state index < -0.39 is 11.7 Å². The zero-order valence-electron chi connectivity index (χ0n) is 12.7. The maximum absolute atomic E-state index is 13.4. The lowest BCUT2D eigenvalue weighted by Crippen LogP contribution is -2.44. The number of nitrogens with zero attached hydrogens (tertiary/aromatic N) is 2. The van der Waals surface area contributed by atoms with Gasteiger partial charge in [-0.05, 0) is 37.8 Å². The van der Waals surface area contributed by atoms with Gasteiger partial charge in [0.15, 0.2) is 6.61 Å². The molecule has 2 aliphatic rings. The number of hydrogen-bond acceptors (Lipinski definition) is 4. The van der Waals surface area contributed by atoms with Crippen molar-refractivity contribution in [3.05, 3.63) is 24.0 Å². The number of fused-ring (bicyclic) bond motifs is 1. The van der Waals surface area contributed by atoms with Crippen molar-refractivity contribution in [3.8, 4) is 5.75 Å². The van der Waals surface area contributed by atoms with Gasteiger partial charge in [-0.15, -0.1) is 0 Å². The number of amides is 2. The second-order valence-corrected chi connectivity index (χ2v) is 5.65. The molecule has 1 N–H and O–H groups in total. The number of halogens is 1. The highest BCUT2D eigenvalue weighted by molar-refractivity contribution is 6.02. The zero-order chi connectivity index (χ0) is 16.2. The summed E-state index contributed by atoms with van der Waals surface area (Å²) in [7, 11) is 0. The van der Waals surface area contributed by atoms with Crippen LogP contribution in [0.1, 0.15) is 32.1 Å². The van der Waals surface area contributed by atoms with Crippen LogP contribution in [0.2, 0.25) is 0 Å². The Morgan fingerprint density at radius 2 is 2.09 bits per heavy atom. The van der Waals surface area contributed by atoms with E-state index in [4.69, 9.17) is 4.74 Å². The Bertz CT molecular complexity index is 652. The number of hydrogen-bond donors (Lipinski definition) is 1. The standard InChI is InChI=1S/C16H18FN3O3/c17-11-6-7-14-13(8-11)20(16(22)10-23-14)9-15(21)19-18-12-4-2-1-3-5-12/h6-8H,1-5,9-10H2,(H,19,21). The van der Waals surface area contributed by atoms with Crippen molar-refractivity contribution in [3.63, 3.8) is 0 Å². The van der Waals surface area contributed by atoms with Gasteiger partial charge in [0.05, 0.1) is 5.69 Å². The highest BCUT2D eigenvalue weighted by Crippen LogP contribution is 2.32. The Morgan fingerprint density at radius 1 is 1.30 bits per heavy atom. The van der Waals surface area contributed by atoms with Gasteiger partial charge in [0.2, 0.25) is 0 Å². The monoisotopic (exact) mass is 319 g/mol. The topological polar surface area (TPSA) is 71.0 Å². The number of rotatable bonds is 3. The van der Waals surface area contributed by atoms with Crippen molar-refractivity contribution in [1.82, 2.24) is 5.43 Å². The molecule has 0 radical (unpaired) electrons. The maximum Gasteiger partial charge on any atom is 0.265 e. The minimum Gasteiger partial charge on any atom is -0.482 e. The Morgan fingerprint density at radius 3 is 2.87 bits per heavy atom. The molecule has 1 saturated carbocycles. The third-order valence-electron chi connectivity index (χ3n) is 3.94. The molecule has 2 amide bonds. The number of nitrogens with one attached hydrogen (secondary N) is 1. The number of hydrazone groups is 1. The molecular formula is C16H18FN3O3. The first kappa shape index (κ1) is 15.5. The molecule has 7 heteroatoms. The molecule has 23 heavy (non-hydrogen) atoms. The molecule has 0 bridgehead atoms. The quantitative estimate of drug-likeness (QED) is 0.866. The van der Waals surface area contributed by atoms with E-state index >= 15 is 0 Å². The van der Waals surface area contributed by atoms with Crippen LogP contribution in [0.25, 0.3) is 0 Å². The fraction of sp³-hybridized carbons (Fsp3) is 0.438. The average Bonchev–Trinajstić information content (AvgIpc) is 2.57. The van der Waals surface area contributed by atoms with E-state index in [0.29, 0.717) is 5.75 Å². The van der Waals surface area contributed by atoms with Gasteiger partial charge in [0, 0.05) is 11.8 Å². The normalized spacial score (nSPS) is 17.3. The molecule has 6 nitrogen and oxygen atoms in total. The second-order valence-electron chi connectivity index (χ2n) is 5.65. The van der Waals surface area contributed by atoms with Crippen molar-refractivity contribution in [1.29, 1.82) is 0 Å². The van der Waals surface area contributed by atoms with Crippen LogP contribution in [-0.2, 0) is 9.59 Å². The van der Waals surface area contributed by atoms with Gasteiger partial charge >= 0.3 is 0 Å². The van der Waals surface area contributed by atoms with E-state index in [1.54, 1.807) is 0 Å². The van der Waals surface area contributed by atoms with Crippen LogP contribution in [0, 0.1) is 5.82 Å². The molecule has 1 fully saturated rings. The third kappa shape index (κ3) is 3.67. The minimum atomic E-state index is -0.491. The van der Waals surface area contributed by atoms with Gasteiger partial charge in [-0.3, -0.25) is 14.5 Å².